The van der Waals surface area contributed by atoms with Gasteiger partial charge in [0.25, 0.3) is 0 Å². The maximum absolute atomic E-state index is 12.1. The van der Waals surface area contributed by atoms with Crippen LogP contribution in [0.1, 0.15) is 19.4 Å². The van der Waals surface area contributed by atoms with Crippen LogP contribution < -0.4 is 4.90 Å². The highest BCUT2D eigenvalue weighted by atomic mass is 32.2. The highest BCUT2D eigenvalue weighted by Crippen LogP contribution is 2.26. The molecule has 104 valence electrons. The summed E-state index contributed by atoms with van der Waals surface area (Å²) in [7, 11) is -3.33. The van der Waals surface area contributed by atoms with Gasteiger partial charge >= 0.3 is 0 Å². The number of hydrogen-bond acceptors (Lipinski definition) is 4. The van der Waals surface area contributed by atoms with E-state index in [2.05, 4.69) is 4.98 Å². The maximum Gasteiger partial charge on any atom is 0.242 e. The Bertz CT molecular complexity index is 581. The predicted octanol–water partition coefficient (Wildman–Crippen LogP) is 1.04. The number of sulfone groups is 1. The van der Waals surface area contributed by atoms with Crippen LogP contribution in [0.5, 0.6) is 0 Å². The minimum absolute atomic E-state index is 0.0327. The number of rotatable bonds is 4. The Morgan fingerprint density at radius 3 is 2.89 bits per heavy atom. The number of fused-ring (bicyclic) bond motifs is 1. The molecule has 2 heterocycles. The molecule has 1 aromatic heterocycles. The second-order valence-electron chi connectivity index (χ2n) is 5.25. The zero-order valence-corrected chi connectivity index (χ0v) is 12.0. The Morgan fingerprint density at radius 1 is 1.47 bits per heavy atom. The smallest absolute Gasteiger partial charge is 0.242 e. The van der Waals surface area contributed by atoms with Crippen molar-refractivity contribution in [1.29, 1.82) is 0 Å². The Balaban J connectivity index is 2.11. The summed E-state index contributed by atoms with van der Waals surface area (Å²) in [4.78, 5) is 17.6. The summed E-state index contributed by atoms with van der Waals surface area (Å²) < 4.78 is 23.7. The fourth-order valence-corrected chi connectivity index (χ4v) is 3.98. The van der Waals surface area contributed by atoms with E-state index in [0.29, 0.717) is 6.54 Å². The summed E-state index contributed by atoms with van der Waals surface area (Å²) in [5.74, 6) is -0.691. The first kappa shape index (κ1) is 14.0. The van der Waals surface area contributed by atoms with Crippen molar-refractivity contribution in [3.05, 3.63) is 24.0 Å². The van der Waals surface area contributed by atoms with Crippen LogP contribution in [0.2, 0.25) is 0 Å². The topological polar surface area (TPSA) is 67.3 Å². The second kappa shape index (κ2) is 5.28. The zero-order chi connectivity index (χ0) is 14.0. The fourth-order valence-electron chi connectivity index (χ4n) is 2.31. The molecule has 0 N–H and O–H groups in total. The quantitative estimate of drug-likeness (QED) is 0.827. The third-order valence-corrected chi connectivity index (χ3v) is 4.88. The van der Waals surface area contributed by atoms with E-state index < -0.39 is 15.6 Å². The van der Waals surface area contributed by atoms with Gasteiger partial charge in [0.05, 0.1) is 17.6 Å². The Hall–Kier alpha value is -1.43. The average Bonchev–Trinajstić information content (AvgIpc) is 2.69. The number of nitrogens with zero attached hydrogens (tertiary/aromatic N) is 2. The average molecular weight is 282 g/mol. The van der Waals surface area contributed by atoms with Crippen LogP contribution in [0.3, 0.4) is 0 Å². The van der Waals surface area contributed by atoms with Gasteiger partial charge in [0.15, 0.2) is 9.84 Å². The molecule has 1 amide bonds. The highest BCUT2D eigenvalue weighted by Gasteiger charge is 2.28. The molecule has 0 radical (unpaired) electrons. The van der Waals surface area contributed by atoms with Crippen LogP contribution in [-0.2, 0) is 21.1 Å². The predicted molar refractivity (Wildman–Crippen MR) is 73.8 cm³/mol. The van der Waals surface area contributed by atoms with Gasteiger partial charge in [-0.25, -0.2) is 8.42 Å². The van der Waals surface area contributed by atoms with Crippen LogP contribution in [0, 0.1) is 5.92 Å². The summed E-state index contributed by atoms with van der Waals surface area (Å²) in [6, 6.07) is 1.87. The summed E-state index contributed by atoms with van der Waals surface area (Å²) in [5.41, 5.74) is 1.79. The molecule has 0 aliphatic carbocycles. The van der Waals surface area contributed by atoms with Crippen molar-refractivity contribution in [1.82, 2.24) is 4.98 Å². The Labute approximate surface area is 113 Å². The molecule has 0 spiro atoms. The SMILES string of the molecule is CC(C)CS(=O)(=O)CC(=O)N1CCc2ccncc21. The van der Waals surface area contributed by atoms with Crippen molar-refractivity contribution in [2.75, 3.05) is 23.0 Å². The number of pyridine rings is 1. The van der Waals surface area contributed by atoms with E-state index in [9.17, 15) is 13.2 Å². The van der Waals surface area contributed by atoms with E-state index in [1.54, 1.807) is 12.4 Å². The summed E-state index contributed by atoms with van der Waals surface area (Å²) >= 11 is 0. The van der Waals surface area contributed by atoms with E-state index in [1.807, 2.05) is 19.9 Å². The molecule has 0 bridgehead atoms. The van der Waals surface area contributed by atoms with Gasteiger partial charge in [0.1, 0.15) is 5.75 Å². The van der Waals surface area contributed by atoms with Crippen molar-refractivity contribution in [3.63, 3.8) is 0 Å². The number of amides is 1. The Kier molecular flexibility index (Phi) is 3.89. The molecule has 0 fully saturated rings. The van der Waals surface area contributed by atoms with Gasteiger partial charge in [0, 0.05) is 12.7 Å². The number of anilines is 1. The van der Waals surface area contributed by atoms with E-state index in [0.717, 1.165) is 17.7 Å². The van der Waals surface area contributed by atoms with Crippen LogP contribution in [0.15, 0.2) is 18.5 Å². The van der Waals surface area contributed by atoms with Crippen LogP contribution >= 0.6 is 0 Å². The van der Waals surface area contributed by atoms with Gasteiger partial charge < -0.3 is 4.90 Å². The molecule has 19 heavy (non-hydrogen) atoms. The first-order chi connectivity index (χ1) is 8.89. The lowest BCUT2D eigenvalue weighted by Crippen LogP contribution is -2.35. The minimum atomic E-state index is -3.33. The summed E-state index contributed by atoms with van der Waals surface area (Å²) in [6.07, 6.45) is 4.06. The van der Waals surface area contributed by atoms with Gasteiger partial charge in [-0.05, 0) is 24.0 Å². The highest BCUT2D eigenvalue weighted by molar-refractivity contribution is 7.92. The molecule has 1 aliphatic heterocycles. The van der Waals surface area contributed by atoms with Crippen LogP contribution in [-0.4, -0.2) is 37.4 Å². The molecular formula is C13H18N2O3S. The fraction of sp³-hybridized carbons (Fsp3) is 0.538. The first-order valence-electron chi connectivity index (χ1n) is 6.33. The van der Waals surface area contributed by atoms with Gasteiger partial charge in [-0.3, -0.25) is 9.78 Å². The third kappa shape index (κ3) is 3.32. The zero-order valence-electron chi connectivity index (χ0n) is 11.2. The third-order valence-electron chi connectivity index (χ3n) is 3.01. The van der Waals surface area contributed by atoms with Gasteiger partial charge in [-0.15, -0.1) is 0 Å². The first-order valence-corrected chi connectivity index (χ1v) is 8.15. The minimum Gasteiger partial charge on any atom is -0.309 e. The molecule has 0 saturated carbocycles. The number of carbonyl (C=O) groups is 1. The number of carbonyl (C=O) groups excluding carboxylic acids is 1. The molecule has 0 atom stereocenters. The van der Waals surface area contributed by atoms with Gasteiger partial charge in [-0.1, -0.05) is 13.8 Å². The molecule has 0 aromatic carbocycles. The monoisotopic (exact) mass is 282 g/mol. The molecule has 1 aromatic rings. The molecule has 0 saturated heterocycles. The number of hydrogen-bond donors (Lipinski definition) is 0. The van der Waals surface area contributed by atoms with Gasteiger partial charge in [0.2, 0.25) is 5.91 Å². The summed E-state index contributed by atoms with van der Waals surface area (Å²) in [5, 5.41) is 0. The molecule has 5 nitrogen and oxygen atoms in total. The van der Waals surface area contributed by atoms with Crippen LogP contribution in [0.4, 0.5) is 5.69 Å². The molecular weight excluding hydrogens is 264 g/mol. The van der Waals surface area contributed by atoms with Crippen molar-refractivity contribution < 1.29 is 13.2 Å². The van der Waals surface area contributed by atoms with Crippen molar-refractivity contribution >= 4 is 21.4 Å². The number of aromatic nitrogens is 1. The van der Waals surface area contributed by atoms with E-state index >= 15 is 0 Å². The van der Waals surface area contributed by atoms with E-state index in [1.165, 1.54) is 4.90 Å². The Morgan fingerprint density at radius 2 is 2.21 bits per heavy atom. The van der Waals surface area contributed by atoms with E-state index in [4.69, 9.17) is 0 Å². The largest absolute Gasteiger partial charge is 0.309 e. The molecule has 2 rings (SSSR count). The van der Waals surface area contributed by atoms with Crippen molar-refractivity contribution in [3.8, 4) is 0 Å². The van der Waals surface area contributed by atoms with Gasteiger partial charge in [-0.2, -0.15) is 0 Å². The standard InChI is InChI=1S/C13H18N2O3S/c1-10(2)8-19(17,18)9-13(16)15-6-4-11-3-5-14-7-12(11)15/h3,5,7,10H,4,6,8-9H2,1-2H3. The van der Waals surface area contributed by atoms with E-state index in [-0.39, 0.29) is 17.6 Å². The van der Waals surface area contributed by atoms with Crippen molar-refractivity contribution in [2.24, 2.45) is 5.92 Å². The summed E-state index contributed by atoms with van der Waals surface area (Å²) in [6.45, 7) is 4.20. The lowest BCUT2D eigenvalue weighted by Gasteiger charge is -2.17. The lowest BCUT2D eigenvalue weighted by atomic mass is 10.2. The lowest BCUT2D eigenvalue weighted by molar-refractivity contribution is -0.116. The van der Waals surface area contributed by atoms with Crippen molar-refractivity contribution in [2.45, 2.75) is 20.3 Å². The second-order valence-corrected chi connectivity index (χ2v) is 7.36. The molecule has 6 heteroatoms. The van der Waals surface area contributed by atoms with Crippen LogP contribution in [0.25, 0.3) is 0 Å². The molecule has 1 aliphatic rings. The normalized spacial score (nSPS) is 14.8. The maximum atomic E-state index is 12.1. The molecule has 0 unspecified atom stereocenters.